The molecule has 0 aliphatic rings. The number of aliphatic hydroxyl groups excluding tert-OH is 1. The molecule has 0 amide bonds. The molecule has 0 saturated carbocycles. The Morgan fingerprint density at radius 2 is 1.88 bits per heavy atom. The monoisotopic (exact) mass is 218 g/mol. The van der Waals surface area contributed by atoms with Crippen molar-refractivity contribution < 1.29 is 9.50 Å². The summed E-state index contributed by atoms with van der Waals surface area (Å²) in [6.07, 6.45) is 2.17. The van der Waals surface area contributed by atoms with E-state index in [9.17, 15) is 9.50 Å². The van der Waals surface area contributed by atoms with Crippen molar-refractivity contribution in [2.75, 3.05) is 5.73 Å². The molecule has 3 N–H and O–H groups in total. The number of aromatic nitrogens is 1. The van der Waals surface area contributed by atoms with Gasteiger partial charge in [0.25, 0.3) is 0 Å². The van der Waals surface area contributed by atoms with Crippen molar-refractivity contribution in [3.8, 4) is 0 Å². The summed E-state index contributed by atoms with van der Waals surface area (Å²) in [5.74, 6) is -0.338. The van der Waals surface area contributed by atoms with E-state index in [1.54, 1.807) is 12.3 Å². The van der Waals surface area contributed by atoms with E-state index < -0.39 is 6.10 Å². The van der Waals surface area contributed by atoms with Gasteiger partial charge in [0, 0.05) is 23.6 Å². The number of nitrogen functional groups attached to an aromatic ring is 1. The topological polar surface area (TPSA) is 59.1 Å². The SMILES string of the molecule is Nc1ccncc1C(O)c1ccc(F)cc1. The zero-order valence-electron chi connectivity index (χ0n) is 8.47. The van der Waals surface area contributed by atoms with Gasteiger partial charge in [-0.3, -0.25) is 4.98 Å². The maximum absolute atomic E-state index is 12.7. The third-order valence-electron chi connectivity index (χ3n) is 2.37. The van der Waals surface area contributed by atoms with Gasteiger partial charge in [0.15, 0.2) is 0 Å². The number of benzene rings is 1. The van der Waals surface area contributed by atoms with Crippen molar-refractivity contribution in [3.05, 3.63) is 59.7 Å². The fraction of sp³-hybridized carbons (Fsp3) is 0.0833. The Hall–Kier alpha value is -1.94. The highest BCUT2D eigenvalue weighted by Crippen LogP contribution is 2.25. The summed E-state index contributed by atoms with van der Waals surface area (Å²) in [5.41, 5.74) is 7.29. The third-order valence-corrected chi connectivity index (χ3v) is 2.37. The number of halogens is 1. The molecule has 1 unspecified atom stereocenters. The van der Waals surface area contributed by atoms with Crippen molar-refractivity contribution in [2.24, 2.45) is 0 Å². The maximum Gasteiger partial charge on any atom is 0.123 e. The molecule has 0 aliphatic carbocycles. The number of hydrogen-bond acceptors (Lipinski definition) is 3. The molecule has 1 aromatic carbocycles. The van der Waals surface area contributed by atoms with E-state index in [1.165, 1.54) is 30.5 Å². The lowest BCUT2D eigenvalue weighted by molar-refractivity contribution is 0.220. The number of nitrogens with zero attached hydrogens (tertiary/aromatic N) is 1. The molecule has 0 fully saturated rings. The van der Waals surface area contributed by atoms with E-state index in [-0.39, 0.29) is 5.82 Å². The molecule has 4 heteroatoms. The van der Waals surface area contributed by atoms with Gasteiger partial charge in [-0.15, -0.1) is 0 Å². The number of rotatable bonds is 2. The minimum absolute atomic E-state index is 0.338. The second-order valence-electron chi connectivity index (χ2n) is 3.46. The Labute approximate surface area is 92.4 Å². The second kappa shape index (κ2) is 4.28. The van der Waals surface area contributed by atoms with Gasteiger partial charge in [0.2, 0.25) is 0 Å². The highest BCUT2D eigenvalue weighted by Gasteiger charge is 2.13. The van der Waals surface area contributed by atoms with Gasteiger partial charge >= 0.3 is 0 Å². The summed E-state index contributed by atoms with van der Waals surface area (Å²) >= 11 is 0. The van der Waals surface area contributed by atoms with E-state index in [2.05, 4.69) is 4.98 Å². The van der Waals surface area contributed by atoms with Crippen LogP contribution >= 0.6 is 0 Å². The van der Waals surface area contributed by atoms with Crippen LogP contribution in [0.5, 0.6) is 0 Å². The standard InChI is InChI=1S/C12H11FN2O/c13-9-3-1-8(2-4-9)12(16)10-7-15-6-5-11(10)14/h1-7,12,16H,(H2,14,15). The van der Waals surface area contributed by atoms with Gasteiger partial charge in [-0.25, -0.2) is 4.39 Å². The van der Waals surface area contributed by atoms with Crippen LogP contribution in [0.2, 0.25) is 0 Å². The molecule has 2 rings (SSSR count). The molecule has 0 saturated heterocycles. The smallest absolute Gasteiger partial charge is 0.123 e. The van der Waals surface area contributed by atoms with E-state index in [0.29, 0.717) is 16.8 Å². The third kappa shape index (κ3) is 2.01. The highest BCUT2D eigenvalue weighted by atomic mass is 19.1. The van der Waals surface area contributed by atoms with Gasteiger partial charge in [0.1, 0.15) is 11.9 Å². The van der Waals surface area contributed by atoms with Gasteiger partial charge in [-0.05, 0) is 23.8 Å². The maximum atomic E-state index is 12.7. The lowest BCUT2D eigenvalue weighted by Gasteiger charge is -2.12. The summed E-state index contributed by atoms with van der Waals surface area (Å²) in [4.78, 5) is 3.90. The largest absolute Gasteiger partial charge is 0.398 e. The zero-order chi connectivity index (χ0) is 11.5. The first-order chi connectivity index (χ1) is 7.68. The van der Waals surface area contributed by atoms with E-state index >= 15 is 0 Å². The predicted octanol–water partition coefficient (Wildman–Crippen LogP) is 1.88. The lowest BCUT2D eigenvalue weighted by Crippen LogP contribution is -2.04. The molecule has 0 bridgehead atoms. The first kappa shape index (κ1) is 10.6. The first-order valence-electron chi connectivity index (χ1n) is 4.81. The molecule has 2 aromatic rings. The lowest BCUT2D eigenvalue weighted by atomic mass is 10.0. The van der Waals surface area contributed by atoms with Crippen molar-refractivity contribution in [3.63, 3.8) is 0 Å². The van der Waals surface area contributed by atoms with Crippen LogP contribution < -0.4 is 5.73 Å². The summed E-state index contributed by atoms with van der Waals surface area (Å²) in [6.45, 7) is 0. The van der Waals surface area contributed by atoms with Crippen LogP contribution in [0.25, 0.3) is 0 Å². The van der Waals surface area contributed by atoms with Crippen molar-refractivity contribution in [2.45, 2.75) is 6.10 Å². The summed E-state index contributed by atoms with van der Waals surface area (Å²) in [6, 6.07) is 7.25. The average molecular weight is 218 g/mol. The van der Waals surface area contributed by atoms with Crippen LogP contribution in [-0.2, 0) is 0 Å². The van der Waals surface area contributed by atoms with Crippen LogP contribution in [0.1, 0.15) is 17.2 Å². The number of pyridine rings is 1. The van der Waals surface area contributed by atoms with Crippen molar-refractivity contribution in [1.29, 1.82) is 0 Å². The molecule has 82 valence electrons. The Morgan fingerprint density at radius 3 is 2.50 bits per heavy atom. The van der Waals surface area contributed by atoms with Crippen LogP contribution in [0.15, 0.2) is 42.7 Å². The van der Waals surface area contributed by atoms with Crippen LogP contribution in [0.4, 0.5) is 10.1 Å². The van der Waals surface area contributed by atoms with Crippen LogP contribution in [-0.4, -0.2) is 10.1 Å². The van der Waals surface area contributed by atoms with Gasteiger partial charge < -0.3 is 10.8 Å². The van der Waals surface area contributed by atoms with Crippen molar-refractivity contribution in [1.82, 2.24) is 4.98 Å². The number of aliphatic hydroxyl groups is 1. The number of hydrogen-bond donors (Lipinski definition) is 2. The molecule has 0 radical (unpaired) electrons. The van der Waals surface area contributed by atoms with E-state index in [4.69, 9.17) is 5.73 Å². The summed E-state index contributed by atoms with van der Waals surface area (Å²) < 4.78 is 12.7. The fourth-order valence-corrected chi connectivity index (χ4v) is 1.47. The molecule has 1 atom stereocenters. The van der Waals surface area contributed by atoms with E-state index in [0.717, 1.165) is 0 Å². The second-order valence-corrected chi connectivity index (χ2v) is 3.46. The minimum Gasteiger partial charge on any atom is -0.398 e. The quantitative estimate of drug-likeness (QED) is 0.809. The molecule has 1 aromatic heterocycles. The fourth-order valence-electron chi connectivity index (χ4n) is 1.47. The molecular weight excluding hydrogens is 207 g/mol. The Balaban J connectivity index is 2.35. The van der Waals surface area contributed by atoms with Gasteiger partial charge in [-0.2, -0.15) is 0 Å². The normalized spacial score (nSPS) is 12.4. The Bertz CT molecular complexity index is 485. The highest BCUT2D eigenvalue weighted by molar-refractivity contribution is 5.48. The van der Waals surface area contributed by atoms with Crippen LogP contribution in [0.3, 0.4) is 0 Å². The van der Waals surface area contributed by atoms with Crippen LogP contribution in [0, 0.1) is 5.82 Å². The number of anilines is 1. The predicted molar refractivity (Wildman–Crippen MR) is 59.1 cm³/mol. The Morgan fingerprint density at radius 1 is 1.19 bits per heavy atom. The minimum atomic E-state index is -0.880. The molecule has 0 aliphatic heterocycles. The Kier molecular flexibility index (Phi) is 2.83. The molecule has 16 heavy (non-hydrogen) atoms. The summed E-state index contributed by atoms with van der Waals surface area (Å²) in [5, 5.41) is 10.0. The molecular formula is C12H11FN2O. The average Bonchev–Trinajstić information content (AvgIpc) is 2.30. The van der Waals surface area contributed by atoms with Crippen molar-refractivity contribution >= 4 is 5.69 Å². The molecule has 3 nitrogen and oxygen atoms in total. The summed E-state index contributed by atoms with van der Waals surface area (Å²) in [7, 11) is 0. The van der Waals surface area contributed by atoms with Gasteiger partial charge in [0.05, 0.1) is 0 Å². The molecule has 0 spiro atoms. The zero-order valence-corrected chi connectivity index (χ0v) is 8.47. The molecule has 1 heterocycles. The first-order valence-corrected chi connectivity index (χ1v) is 4.81. The number of nitrogens with two attached hydrogens (primary N) is 1. The van der Waals surface area contributed by atoms with E-state index in [1.807, 2.05) is 0 Å². The van der Waals surface area contributed by atoms with Gasteiger partial charge in [-0.1, -0.05) is 12.1 Å².